The fourth-order valence-corrected chi connectivity index (χ4v) is 4.15. The number of allylic oxidation sites excluding steroid dienone is 10. The van der Waals surface area contributed by atoms with E-state index < -0.39 is 0 Å². The summed E-state index contributed by atoms with van der Waals surface area (Å²) in [7, 11) is 0. The van der Waals surface area contributed by atoms with Gasteiger partial charge in [-0.2, -0.15) is 11.3 Å². The van der Waals surface area contributed by atoms with E-state index in [0.29, 0.717) is 0 Å². The molecule has 0 aliphatic carbocycles. The number of rotatable bonds is 15. The van der Waals surface area contributed by atoms with E-state index in [-0.39, 0.29) is 0 Å². The molecule has 0 spiro atoms. The average molecular weight is 425 g/mol. The van der Waals surface area contributed by atoms with Gasteiger partial charge in [0.05, 0.1) is 0 Å². The zero-order valence-electron chi connectivity index (χ0n) is 20.2. The summed E-state index contributed by atoms with van der Waals surface area (Å²) in [4.78, 5) is 0. The number of thiophene rings is 1. The van der Waals surface area contributed by atoms with E-state index in [9.17, 15) is 0 Å². The van der Waals surface area contributed by atoms with E-state index in [1.807, 2.05) is 0 Å². The van der Waals surface area contributed by atoms with Crippen molar-refractivity contribution in [3.63, 3.8) is 0 Å². The van der Waals surface area contributed by atoms with Crippen molar-refractivity contribution >= 4 is 11.3 Å². The van der Waals surface area contributed by atoms with Gasteiger partial charge in [0, 0.05) is 0 Å². The molecule has 0 saturated heterocycles. The lowest BCUT2D eigenvalue weighted by Crippen LogP contribution is -1.83. The molecule has 1 heterocycles. The Morgan fingerprint density at radius 3 is 1.60 bits per heavy atom. The summed E-state index contributed by atoms with van der Waals surface area (Å²) in [5, 5.41) is 4.43. The molecule has 0 nitrogen and oxygen atoms in total. The summed E-state index contributed by atoms with van der Waals surface area (Å²) in [5.41, 5.74) is 7.59. The van der Waals surface area contributed by atoms with Gasteiger partial charge in [0.25, 0.3) is 0 Å². The van der Waals surface area contributed by atoms with Crippen molar-refractivity contribution in [3.8, 4) is 0 Å². The van der Waals surface area contributed by atoms with E-state index in [4.69, 9.17) is 0 Å². The zero-order valence-corrected chi connectivity index (χ0v) is 21.0. The lowest BCUT2D eigenvalue weighted by molar-refractivity contribution is 0.888. The summed E-state index contributed by atoms with van der Waals surface area (Å²) in [6, 6.07) is 2.24. The van der Waals surface area contributed by atoms with Crippen LogP contribution in [0.5, 0.6) is 0 Å². The minimum Gasteiger partial charge on any atom is -0.152 e. The van der Waals surface area contributed by atoms with E-state index in [2.05, 4.69) is 87.9 Å². The minimum atomic E-state index is 1.17. The number of hydrogen-bond acceptors (Lipinski definition) is 1. The normalized spacial score (nSPS) is 14.2. The second-order valence-electron chi connectivity index (χ2n) is 8.60. The maximum atomic E-state index is 2.44. The maximum absolute atomic E-state index is 2.44. The molecule has 0 unspecified atom stereocenters. The van der Waals surface area contributed by atoms with Gasteiger partial charge in [0.15, 0.2) is 0 Å². The van der Waals surface area contributed by atoms with Crippen molar-refractivity contribution in [3.05, 3.63) is 81.1 Å². The molecule has 0 bridgehead atoms. The molecule has 0 amide bonds. The van der Waals surface area contributed by atoms with Crippen LogP contribution in [0.1, 0.15) is 98.0 Å². The van der Waals surface area contributed by atoms with Crippen LogP contribution < -0.4 is 0 Å². The molecule has 30 heavy (non-hydrogen) atoms. The van der Waals surface area contributed by atoms with Crippen LogP contribution in [-0.2, 0) is 6.42 Å². The van der Waals surface area contributed by atoms with E-state index in [1.165, 1.54) is 92.1 Å². The highest BCUT2D eigenvalue weighted by molar-refractivity contribution is 7.07. The Morgan fingerprint density at radius 1 is 0.700 bits per heavy atom. The Balaban J connectivity index is 2.18. The second-order valence-corrected chi connectivity index (χ2v) is 9.38. The monoisotopic (exact) mass is 424 g/mol. The molecule has 0 aliphatic rings. The van der Waals surface area contributed by atoms with Gasteiger partial charge in [-0.1, -0.05) is 58.7 Å². The predicted octanol–water partition coefficient (Wildman–Crippen LogP) is 10.2. The van der Waals surface area contributed by atoms with E-state index in [0.717, 1.165) is 0 Å². The standard InChI is InChI=1S/C29H44S/c1-6-7-8-13-25(2)14-9-15-26(3)16-10-17-27(4)18-11-19-28(5)20-12-21-29-22-23-30-24-29/h6-7,14,16,18,20,22-24H,8-13,15,17,19,21H2,1-5H3. The fraction of sp³-hybridized carbons (Fsp3) is 0.517. The second kappa shape index (κ2) is 17.1. The molecule has 1 rings (SSSR count). The Kier molecular flexibility index (Phi) is 15.1. The maximum Gasteiger partial charge on any atom is -0.00611 e. The van der Waals surface area contributed by atoms with Crippen LogP contribution in [0.4, 0.5) is 0 Å². The van der Waals surface area contributed by atoms with Crippen molar-refractivity contribution in [2.24, 2.45) is 0 Å². The highest BCUT2D eigenvalue weighted by Gasteiger charge is 1.95. The van der Waals surface area contributed by atoms with Gasteiger partial charge in [-0.3, -0.25) is 0 Å². The molecule has 1 heteroatoms. The molecule has 0 saturated carbocycles. The highest BCUT2D eigenvalue weighted by Crippen LogP contribution is 2.15. The Bertz CT molecular complexity index is 708. The van der Waals surface area contributed by atoms with Crippen LogP contribution in [0.2, 0.25) is 0 Å². The van der Waals surface area contributed by atoms with Crippen LogP contribution in [0.3, 0.4) is 0 Å². The van der Waals surface area contributed by atoms with Gasteiger partial charge in [0.2, 0.25) is 0 Å². The van der Waals surface area contributed by atoms with Gasteiger partial charge >= 0.3 is 0 Å². The van der Waals surface area contributed by atoms with Crippen molar-refractivity contribution in [1.29, 1.82) is 0 Å². The number of aryl methyl sites for hydroxylation is 1. The third-order valence-electron chi connectivity index (χ3n) is 5.54. The summed E-state index contributed by atoms with van der Waals surface area (Å²) >= 11 is 1.79. The van der Waals surface area contributed by atoms with Crippen molar-refractivity contribution in [1.82, 2.24) is 0 Å². The Labute approximate surface area is 191 Å². The topological polar surface area (TPSA) is 0 Å². The molecule has 0 fully saturated rings. The van der Waals surface area contributed by atoms with Gasteiger partial charge < -0.3 is 0 Å². The molecule has 1 aromatic heterocycles. The first kappa shape index (κ1) is 26.4. The molecule has 0 aromatic carbocycles. The van der Waals surface area contributed by atoms with Crippen LogP contribution in [0.25, 0.3) is 0 Å². The molecular weight excluding hydrogens is 380 g/mol. The zero-order chi connectivity index (χ0) is 22.0. The van der Waals surface area contributed by atoms with Gasteiger partial charge in [-0.25, -0.2) is 0 Å². The first-order valence-corrected chi connectivity index (χ1v) is 12.7. The van der Waals surface area contributed by atoms with Gasteiger partial charge in [0.1, 0.15) is 0 Å². The third kappa shape index (κ3) is 14.4. The third-order valence-corrected chi connectivity index (χ3v) is 6.27. The lowest BCUT2D eigenvalue weighted by Gasteiger charge is -2.03. The first-order valence-electron chi connectivity index (χ1n) is 11.8. The van der Waals surface area contributed by atoms with E-state index >= 15 is 0 Å². The molecule has 1 aromatic rings. The molecule has 0 aliphatic heterocycles. The predicted molar refractivity (Wildman–Crippen MR) is 139 cm³/mol. The number of hydrogen-bond donors (Lipinski definition) is 0. The first-order chi connectivity index (χ1) is 14.5. The van der Waals surface area contributed by atoms with Gasteiger partial charge in [-0.05, 0) is 121 Å². The van der Waals surface area contributed by atoms with Crippen molar-refractivity contribution < 1.29 is 0 Å². The molecule has 166 valence electrons. The van der Waals surface area contributed by atoms with Crippen LogP contribution in [0, 0.1) is 0 Å². The fourth-order valence-electron chi connectivity index (χ4n) is 3.44. The molecule has 0 radical (unpaired) electrons. The Hall–Kier alpha value is -1.60. The summed E-state index contributed by atoms with van der Waals surface area (Å²) in [6.45, 7) is 11.2. The van der Waals surface area contributed by atoms with Crippen LogP contribution in [0.15, 0.2) is 75.6 Å². The Morgan fingerprint density at radius 2 is 1.17 bits per heavy atom. The molecule has 0 atom stereocenters. The smallest absolute Gasteiger partial charge is 0.00611 e. The van der Waals surface area contributed by atoms with Crippen LogP contribution in [-0.4, -0.2) is 0 Å². The van der Waals surface area contributed by atoms with Gasteiger partial charge in [-0.15, -0.1) is 0 Å². The molecular formula is C29H44S. The van der Waals surface area contributed by atoms with Crippen molar-refractivity contribution in [2.45, 2.75) is 98.8 Å². The summed E-state index contributed by atoms with van der Waals surface area (Å²) in [5.74, 6) is 0. The minimum absolute atomic E-state index is 1.17. The highest BCUT2D eigenvalue weighted by atomic mass is 32.1. The van der Waals surface area contributed by atoms with Crippen molar-refractivity contribution in [2.75, 3.05) is 0 Å². The molecule has 0 N–H and O–H groups in total. The lowest BCUT2D eigenvalue weighted by atomic mass is 10.0. The average Bonchev–Trinajstić information content (AvgIpc) is 3.22. The largest absolute Gasteiger partial charge is 0.152 e. The quantitative estimate of drug-likeness (QED) is 0.246. The summed E-state index contributed by atoms with van der Waals surface area (Å²) < 4.78 is 0. The van der Waals surface area contributed by atoms with Crippen LogP contribution >= 0.6 is 11.3 Å². The van der Waals surface area contributed by atoms with E-state index in [1.54, 1.807) is 11.3 Å². The summed E-state index contributed by atoms with van der Waals surface area (Å²) in [6.07, 6.45) is 25.9. The SMILES string of the molecule is CC=CCCC(C)=CCCC(C)=CCCC(C)=CCCC(C)=CCCc1ccsc1.